The fraction of sp³-hybridized carbons (Fsp3) is 0.429. The van der Waals surface area contributed by atoms with E-state index in [4.69, 9.17) is 5.11 Å². The molecule has 7 nitrogen and oxygen atoms in total. The SMILES string of the molecule is O=[N+]([O-])c1ccc(-c2ncn(CCCCCCO)n2)cc1. The minimum Gasteiger partial charge on any atom is -0.396 e. The smallest absolute Gasteiger partial charge is 0.269 e. The van der Waals surface area contributed by atoms with Crippen molar-refractivity contribution < 1.29 is 10.0 Å². The molecule has 2 rings (SSSR count). The normalized spacial score (nSPS) is 10.7. The summed E-state index contributed by atoms with van der Waals surface area (Å²) in [4.78, 5) is 14.4. The number of aromatic nitrogens is 3. The summed E-state index contributed by atoms with van der Waals surface area (Å²) >= 11 is 0. The van der Waals surface area contributed by atoms with Gasteiger partial charge in [-0.1, -0.05) is 12.8 Å². The van der Waals surface area contributed by atoms with Crippen molar-refractivity contribution in [1.82, 2.24) is 14.8 Å². The summed E-state index contributed by atoms with van der Waals surface area (Å²) in [6.07, 6.45) is 5.56. The molecule has 7 heteroatoms. The van der Waals surface area contributed by atoms with Crippen molar-refractivity contribution in [2.75, 3.05) is 6.61 Å². The molecule has 0 saturated carbocycles. The van der Waals surface area contributed by atoms with Gasteiger partial charge in [-0.15, -0.1) is 0 Å². The molecule has 0 spiro atoms. The minimum atomic E-state index is -0.428. The molecule has 0 unspecified atom stereocenters. The summed E-state index contributed by atoms with van der Waals surface area (Å²) in [7, 11) is 0. The van der Waals surface area contributed by atoms with Gasteiger partial charge in [0.05, 0.1) is 4.92 Å². The molecule has 0 atom stereocenters. The van der Waals surface area contributed by atoms with Gasteiger partial charge in [0.2, 0.25) is 0 Å². The highest BCUT2D eigenvalue weighted by Gasteiger charge is 2.08. The van der Waals surface area contributed by atoms with Gasteiger partial charge in [-0.3, -0.25) is 14.8 Å². The maximum absolute atomic E-state index is 10.6. The van der Waals surface area contributed by atoms with Crippen LogP contribution in [0, 0.1) is 10.1 Å². The molecule has 0 radical (unpaired) electrons. The molecule has 0 aliphatic rings. The Balaban J connectivity index is 1.91. The number of nitro benzene ring substituents is 1. The van der Waals surface area contributed by atoms with Crippen molar-refractivity contribution in [2.45, 2.75) is 32.2 Å². The molecule has 1 aromatic heterocycles. The van der Waals surface area contributed by atoms with E-state index in [1.165, 1.54) is 12.1 Å². The van der Waals surface area contributed by atoms with Gasteiger partial charge < -0.3 is 5.11 Å². The molecule has 0 bridgehead atoms. The molecule has 0 amide bonds. The summed E-state index contributed by atoms with van der Waals surface area (Å²) in [5.41, 5.74) is 0.821. The highest BCUT2D eigenvalue weighted by atomic mass is 16.6. The summed E-state index contributed by atoms with van der Waals surface area (Å²) in [5, 5.41) is 23.7. The predicted molar refractivity (Wildman–Crippen MR) is 77.7 cm³/mol. The molecule has 0 aliphatic carbocycles. The molecule has 0 aliphatic heterocycles. The van der Waals surface area contributed by atoms with Crippen LogP contribution in [0.1, 0.15) is 25.7 Å². The third-order valence-corrected chi connectivity index (χ3v) is 3.17. The van der Waals surface area contributed by atoms with Crippen LogP contribution in [0.25, 0.3) is 11.4 Å². The number of hydrogen-bond acceptors (Lipinski definition) is 5. The van der Waals surface area contributed by atoms with Crippen molar-refractivity contribution in [3.05, 3.63) is 40.7 Å². The van der Waals surface area contributed by atoms with Crippen LogP contribution >= 0.6 is 0 Å². The Labute approximate surface area is 122 Å². The molecule has 21 heavy (non-hydrogen) atoms. The molecule has 0 fully saturated rings. The third-order valence-electron chi connectivity index (χ3n) is 3.17. The number of aliphatic hydroxyl groups excluding tert-OH is 1. The lowest BCUT2D eigenvalue weighted by Crippen LogP contribution is -1.99. The average molecular weight is 290 g/mol. The Kier molecular flexibility index (Phi) is 5.39. The Hall–Kier alpha value is -2.28. The van der Waals surface area contributed by atoms with Crippen LogP contribution in [0.4, 0.5) is 5.69 Å². The van der Waals surface area contributed by atoms with Gasteiger partial charge in [0, 0.05) is 30.8 Å². The standard InChI is InChI=1S/C14H18N4O3/c19-10-4-2-1-3-9-17-11-15-14(16-17)12-5-7-13(8-6-12)18(20)21/h5-8,11,19H,1-4,9-10H2. The van der Waals surface area contributed by atoms with Gasteiger partial charge >= 0.3 is 0 Å². The Morgan fingerprint density at radius 1 is 1.14 bits per heavy atom. The highest BCUT2D eigenvalue weighted by molar-refractivity contribution is 5.56. The average Bonchev–Trinajstić information content (AvgIpc) is 2.96. The van der Waals surface area contributed by atoms with E-state index in [-0.39, 0.29) is 12.3 Å². The number of nitrogens with zero attached hydrogens (tertiary/aromatic N) is 4. The van der Waals surface area contributed by atoms with Gasteiger partial charge in [-0.2, -0.15) is 5.10 Å². The zero-order valence-corrected chi connectivity index (χ0v) is 11.7. The van der Waals surface area contributed by atoms with Crippen molar-refractivity contribution in [1.29, 1.82) is 0 Å². The van der Waals surface area contributed by atoms with E-state index < -0.39 is 4.92 Å². The molecule has 1 N–H and O–H groups in total. The summed E-state index contributed by atoms with van der Waals surface area (Å²) in [6, 6.07) is 6.20. The first-order valence-corrected chi connectivity index (χ1v) is 6.96. The van der Waals surface area contributed by atoms with Crippen LogP contribution < -0.4 is 0 Å². The first-order valence-electron chi connectivity index (χ1n) is 6.96. The zero-order valence-electron chi connectivity index (χ0n) is 11.7. The van der Waals surface area contributed by atoms with Crippen LogP contribution in [0.5, 0.6) is 0 Å². The number of aryl methyl sites for hydroxylation is 1. The Morgan fingerprint density at radius 2 is 1.86 bits per heavy atom. The van der Waals surface area contributed by atoms with Crippen LogP contribution in [0.2, 0.25) is 0 Å². The third kappa shape index (κ3) is 4.35. The number of unbranched alkanes of at least 4 members (excludes halogenated alkanes) is 3. The maximum atomic E-state index is 10.6. The van der Waals surface area contributed by atoms with Gasteiger partial charge in [-0.05, 0) is 25.0 Å². The number of nitro groups is 1. The molecular weight excluding hydrogens is 272 g/mol. The Bertz CT molecular complexity index is 580. The summed E-state index contributed by atoms with van der Waals surface area (Å²) in [5.74, 6) is 0.570. The molecular formula is C14H18N4O3. The number of benzene rings is 1. The minimum absolute atomic E-state index is 0.0575. The van der Waals surface area contributed by atoms with Crippen LogP contribution in [-0.4, -0.2) is 31.4 Å². The highest BCUT2D eigenvalue weighted by Crippen LogP contribution is 2.18. The fourth-order valence-corrected chi connectivity index (χ4v) is 2.01. The summed E-state index contributed by atoms with van der Waals surface area (Å²) in [6.45, 7) is 1.03. The zero-order chi connectivity index (χ0) is 15.1. The Morgan fingerprint density at radius 3 is 2.52 bits per heavy atom. The van der Waals surface area contributed by atoms with Crippen LogP contribution in [-0.2, 0) is 6.54 Å². The van der Waals surface area contributed by atoms with E-state index in [0.29, 0.717) is 5.82 Å². The van der Waals surface area contributed by atoms with Crippen LogP contribution in [0.3, 0.4) is 0 Å². The van der Waals surface area contributed by atoms with Gasteiger partial charge in [0.15, 0.2) is 5.82 Å². The van der Waals surface area contributed by atoms with Crippen molar-refractivity contribution in [3.63, 3.8) is 0 Å². The van der Waals surface area contributed by atoms with Gasteiger partial charge in [-0.25, -0.2) is 4.98 Å². The van der Waals surface area contributed by atoms with E-state index in [1.54, 1.807) is 23.1 Å². The number of non-ortho nitro benzene ring substituents is 1. The van der Waals surface area contributed by atoms with E-state index >= 15 is 0 Å². The molecule has 1 heterocycles. The largest absolute Gasteiger partial charge is 0.396 e. The fourth-order valence-electron chi connectivity index (χ4n) is 2.01. The second-order valence-corrected chi connectivity index (χ2v) is 4.77. The lowest BCUT2D eigenvalue weighted by Gasteiger charge is -2.00. The lowest BCUT2D eigenvalue weighted by atomic mass is 10.2. The van der Waals surface area contributed by atoms with E-state index in [1.807, 2.05) is 0 Å². The lowest BCUT2D eigenvalue weighted by molar-refractivity contribution is -0.384. The van der Waals surface area contributed by atoms with E-state index in [9.17, 15) is 10.1 Å². The molecule has 0 saturated heterocycles. The number of rotatable bonds is 8. The van der Waals surface area contributed by atoms with Gasteiger partial charge in [0.25, 0.3) is 5.69 Å². The van der Waals surface area contributed by atoms with Crippen molar-refractivity contribution >= 4 is 5.69 Å². The second kappa shape index (κ2) is 7.49. The first kappa shape index (κ1) is 15.1. The molecule has 2 aromatic rings. The topological polar surface area (TPSA) is 94.1 Å². The van der Waals surface area contributed by atoms with Crippen LogP contribution in [0.15, 0.2) is 30.6 Å². The predicted octanol–water partition coefficient (Wildman–Crippen LogP) is 2.41. The second-order valence-electron chi connectivity index (χ2n) is 4.77. The van der Waals surface area contributed by atoms with Gasteiger partial charge in [0.1, 0.15) is 6.33 Å². The van der Waals surface area contributed by atoms with E-state index in [0.717, 1.165) is 37.8 Å². The summed E-state index contributed by atoms with van der Waals surface area (Å²) < 4.78 is 1.77. The van der Waals surface area contributed by atoms with E-state index in [2.05, 4.69) is 10.1 Å². The number of aliphatic hydroxyl groups is 1. The number of hydrogen-bond donors (Lipinski definition) is 1. The molecule has 112 valence electrons. The maximum Gasteiger partial charge on any atom is 0.269 e. The quantitative estimate of drug-likeness (QED) is 0.457. The van der Waals surface area contributed by atoms with Crippen molar-refractivity contribution in [2.24, 2.45) is 0 Å². The molecule has 1 aromatic carbocycles. The first-order chi connectivity index (χ1) is 10.2. The monoisotopic (exact) mass is 290 g/mol. The van der Waals surface area contributed by atoms with Crippen molar-refractivity contribution in [3.8, 4) is 11.4 Å².